The summed E-state index contributed by atoms with van der Waals surface area (Å²) in [6, 6.07) is 0. The first-order valence-corrected chi connectivity index (χ1v) is 31.4. The van der Waals surface area contributed by atoms with E-state index < -0.39 is 75.0 Å². The average molecular weight is 1170 g/mol. The Labute approximate surface area is 465 Å². The van der Waals surface area contributed by atoms with Gasteiger partial charge in [0.15, 0.2) is 17.3 Å². The molecule has 0 heterocycles. The van der Waals surface area contributed by atoms with E-state index in [9.17, 15) is 62.9 Å². The standard InChI is InChI=1S/C20H39O7P.C18H37O6P.C17H35O6P/c1-18(2,3)13-12-15(21)10-9-11-16(22)17(23)20(7,8)14-26-28(24,25)27-19(4,5)6;1-16(2,3)11-9-10-14(19)15(20)18(7,8)13-24-25(21,22)23-12-17(4,5)6;1-15(2,3)11-9-10-13(18)14(19)17(7,8)12-22-24(20,21)23-16(4,5)6/h17,23H,9-14H2,1-8H3,(H,24,25);15,20H,9-13H2,1-8H3,(H,21,22);14,19H,9-12H2,1-8H3,(H,20,21). The van der Waals surface area contributed by atoms with E-state index in [1.807, 2.05) is 20.8 Å². The second-order valence-corrected chi connectivity index (χ2v) is 33.5. The molecule has 0 rings (SSSR count). The molecule has 0 saturated heterocycles. The maximum atomic E-state index is 12.3. The Morgan fingerprint density at radius 3 is 0.870 bits per heavy atom. The molecule has 0 aromatic rings. The van der Waals surface area contributed by atoms with Gasteiger partial charge in [-0.1, -0.05) is 125 Å². The van der Waals surface area contributed by atoms with E-state index >= 15 is 0 Å². The molecule has 6 N–H and O–H groups in total. The third-order valence-electron chi connectivity index (χ3n) is 11.1. The predicted octanol–water partition coefficient (Wildman–Crippen LogP) is 12.9. The lowest BCUT2D eigenvalue weighted by atomic mass is 9.82. The summed E-state index contributed by atoms with van der Waals surface area (Å²) in [5.41, 5.74) is -4.67. The summed E-state index contributed by atoms with van der Waals surface area (Å²) in [5.74, 6) is -0.860. The Hall–Kier alpha value is -1.11. The van der Waals surface area contributed by atoms with Crippen LogP contribution >= 0.6 is 23.5 Å². The van der Waals surface area contributed by atoms with Crippen molar-refractivity contribution in [3.63, 3.8) is 0 Å². The van der Waals surface area contributed by atoms with Crippen LogP contribution in [0.4, 0.5) is 0 Å². The second kappa shape index (κ2) is 32.1. The van der Waals surface area contributed by atoms with Crippen LogP contribution in [0.2, 0.25) is 0 Å². The largest absolute Gasteiger partial charge is 0.472 e. The highest BCUT2D eigenvalue weighted by Crippen LogP contribution is 2.50. The lowest BCUT2D eigenvalue weighted by Gasteiger charge is -2.31. The fourth-order valence-electron chi connectivity index (χ4n) is 6.44. The first-order valence-electron chi connectivity index (χ1n) is 26.9. The van der Waals surface area contributed by atoms with E-state index in [4.69, 9.17) is 27.1 Å². The fraction of sp³-hybridized carbons (Fsp3) is 0.927. The Bertz CT molecular complexity index is 1940. The van der Waals surface area contributed by atoms with Gasteiger partial charge in [-0.25, -0.2) is 13.7 Å². The van der Waals surface area contributed by atoms with Crippen molar-refractivity contribution < 1.29 is 90.0 Å². The summed E-state index contributed by atoms with van der Waals surface area (Å²) in [6.07, 6.45) is 1.86. The molecule has 22 heteroatoms. The zero-order chi connectivity index (χ0) is 61.9. The zero-order valence-corrected chi connectivity index (χ0v) is 54.9. The van der Waals surface area contributed by atoms with Crippen LogP contribution in [0.5, 0.6) is 0 Å². The first-order chi connectivity index (χ1) is 33.8. The second-order valence-electron chi connectivity index (χ2n) is 29.3. The summed E-state index contributed by atoms with van der Waals surface area (Å²) in [4.78, 5) is 77.7. The highest BCUT2D eigenvalue weighted by Gasteiger charge is 2.40. The van der Waals surface area contributed by atoms with Crippen molar-refractivity contribution in [2.45, 2.75) is 266 Å². The number of aliphatic hydroxyl groups is 3. The maximum absolute atomic E-state index is 12.3. The van der Waals surface area contributed by atoms with Gasteiger partial charge in [0.25, 0.3) is 0 Å². The summed E-state index contributed by atoms with van der Waals surface area (Å²) in [6.45, 7) is 43.0. The molecule has 77 heavy (non-hydrogen) atoms. The number of aliphatic hydroxyl groups excluding tert-OH is 3. The Morgan fingerprint density at radius 2 is 0.610 bits per heavy atom. The van der Waals surface area contributed by atoms with Gasteiger partial charge in [0.2, 0.25) is 0 Å². The molecule has 19 nitrogen and oxygen atoms in total. The minimum absolute atomic E-state index is 0.0650. The number of Topliss-reactive ketones (excluding diaryl/α,β-unsaturated/α-hetero) is 4. The summed E-state index contributed by atoms with van der Waals surface area (Å²) >= 11 is 0. The van der Waals surface area contributed by atoms with Crippen LogP contribution in [0.3, 0.4) is 0 Å². The van der Waals surface area contributed by atoms with Crippen molar-refractivity contribution in [2.24, 2.45) is 37.9 Å². The van der Waals surface area contributed by atoms with E-state index in [2.05, 4.69) is 62.3 Å². The molecular weight excluding hydrogens is 1060 g/mol. The van der Waals surface area contributed by atoms with Gasteiger partial charge in [-0.2, -0.15) is 0 Å². The fourth-order valence-corrected chi connectivity index (χ4v) is 10.0. The molecule has 0 aromatic carbocycles. The molecule has 0 aromatic heterocycles. The predicted molar refractivity (Wildman–Crippen MR) is 303 cm³/mol. The van der Waals surface area contributed by atoms with Crippen LogP contribution in [0, 0.1) is 37.9 Å². The van der Waals surface area contributed by atoms with Gasteiger partial charge in [0.05, 0.1) is 37.6 Å². The number of rotatable bonds is 31. The molecule has 0 spiro atoms. The van der Waals surface area contributed by atoms with Crippen LogP contribution in [0.15, 0.2) is 0 Å². The van der Waals surface area contributed by atoms with Crippen LogP contribution in [0.1, 0.15) is 237 Å². The molecule has 0 radical (unpaired) electrons. The van der Waals surface area contributed by atoms with Gasteiger partial charge in [-0.3, -0.25) is 46.3 Å². The van der Waals surface area contributed by atoms with Crippen LogP contribution in [-0.4, -0.2) is 109 Å². The number of carbonyl (C=O) groups is 4. The highest BCUT2D eigenvalue weighted by atomic mass is 31.2. The number of hydrogen-bond donors (Lipinski definition) is 6. The van der Waals surface area contributed by atoms with Crippen LogP contribution in [-0.2, 0) is 60.0 Å². The number of carbonyl (C=O) groups excluding carboxylic acids is 4. The summed E-state index contributed by atoms with van der Waals surface area (Å²) < 4.78 is 65.6. The lowest BCUT2D eigenvalue weighted by Crippen LogP contribution is -2.40. The van der Waals surface area contributed by atoms with Crippen LogP contribution in [0.25, 0.3) is 0 Å². The number of ketones is 4. The normalized spacial score (nSPS) is 17.0. The average Bonchev–Trinajstić information content (AvgIpc) is 3.19. The van der Waals surface area contributed by atoms with E-state index in [0.717, 1.165) is 19.3 Å². The number of phosphoric acid groups is 3. The summed E-state index contributed by atoms with van der Waals surface area (Å²) in [7, 11) is -12.8. The van der Waals surface area contributed by atoms with Gasteiger partial charge in [-0.05, 0) is 102 Å². The molecule has 0 amide bonds. The molecule has 0 bridgehead atoms. The molecule has 460 valence electrons. The number of phosphoric ester groups is 3. The third kappa shape index (κ3) is 44.2. The molecule has 0 aliphatic heterocycles. The lowest BCUT2D eigenvalue weighted by molar-refractivity contribution is -0.135. The molecule has 0 saturated carbocycles. The van der Waals surface area contributed by atoms with Crippen molar-refractivity contribution in [1.82, 2.24) is 0 Å². The summed E-state index contributed by atoms with van der Waals surface area (Å²) in [5, 5.41) is 30.9. The van der Waals surface area contributed by atoms with Gasteiger partial charge in [0, 0.05) is 48.3 Å². The Balaban J connectivity index is -0.00000107. The van der Waals surface area contributed by atoms with Crippen molar-refractivity contribution >= 4 is 46.6 Å². The smallest absolute Gasteiger partial charge is 0.385 e. The topological polar surface area (TPSA) is 296 Å². The highest BCUT2D eigenvalue weighted by molar-refractivity contribution is 7.48. The van der Waals surface area contributed by atoms with E-state index in [1.165, 1.54) is 0 Å². The van der Waals surface area contributed by atoms with E-state index in [1.54, 1.807) is 83.1 Å². The van der Waals surface area contributed by atoms with Gasteiger partial charge >= 0.3 is 23.5 Å². The first kappa shape index (κ1) is 80.1. The minimum Gasteiger partial charge on any atom is -0.385 e. The third-order valence-corrected chi connectivity index (χ3v) is 14.5. The van der Waals surface area contributed by atoms with Crippen molar-refractivity contribution in [3.05, 3.63) is 0 Å². The van der Waals surface area contributed by atoms with Crippen molar-refractivity contribution in [1.29, 1.82) is 0 Å². The monoisotopic (exact) mass is 1170 g/mol. The van der Waals surface area contributed by atoms with Crippen molar-refractivity contribution in [3.8, 4) is 0 Å². The molecule has 6 unspecified atom stereocenters. The van der Waals surface area contributed by atoms with E-state index in [-0.39, 0.29) is 84.7 Å². The van der Waals surface area contributed by atoms with Crippen molar-refractivity contribution in [2.75, 3.05) is 26.4 Å². The molecule has 0 fully saturated rings. The van der Waals surface area contributed by atoms with Gasteiger partial charge in [-0.15, -0.1) is 0 Å². The maximum Gasteiger partial charge on any atom is 0.472 e. The zero-order valence-electron chi connectivity index (χ0n) is 52.2. The Morgan fingerprint density at radius 1 is 0.351 bits per heavy atom. The SMILES string of the molecule is CC(C)(C)CCC(=O)CCCC(=O)C(O)C(C)(C)COP(=O)(O)OC(C)(C)C.CC(C)(C)CCCC(=O)C(O)C(C)(C)COP(=O)(O)OC(C)(C)C.CC(C)(C)CCCC(=O)C(O)C(C)(C)COP(=O)(O)OCC(C)(C)C. The quantitative estimate of drug-likeness (QED) is 0.0352. The molecule has 0 aliphatic rings. The number of hydrogen-bond acceptors (Lipinski definition) is 16. The molecular formula is C55H111O19P3. The minimum atomic E-state index is -4.30. The van der Waals surface area contributed by atoms with Gasteiger partial charge in [0.1, 0.15) is 24.1 Å². The molecule has 6 atom stereocenters. The van der Waals surface area contributed by atoms with E-state index in [0.29, 0.717) is 32.1 Å². The van der Waals surface area contributed by atoms with Crippen LogP contribution < -0.4 is 0 Å². The molecule has 0 aliphatic carbocycles. The van der Waals surface area contributed by atoms with Gasteiger partial charge < -0.3 is 30.0 Å². The Kier molecular flexibility index (Phi) is 33.4.